The van der Waals surface area contributed by atoms with Crippen LogP contribution in [0.15, 0.2) is 18.3 Å². The predicted octanol–water partition coefficient (Wildman–Crippen LogP) is 1.91. The summed E-state index contributed by atoms with van der Waals surface area (Å²) in [6.45, 7) is 5.90. The summed E-state index contributed by atoms with van der Waals surface area (Å²) in [5, 5.41) is 10.2. The molecule has 0 spiro atoms. The van der Waals surface area contributed by atoms with Crippen LogP contribution in [0.4, 0.5) is 10.6 Å². The molecule has 8 nitrogen and oxygen atoms in total. The Labute approximate surface area is 133 Å². The van der Waals surface area contributed by atoms with E-state index in [0.717, 1.165) is 5.39 Å². The largest absolute Gasteiger partial charge is 0.444 e. The van der Waals surface area contributed by atoms with Crippen LogP contribution in [0.1, 0.15) is 27.2 Å². The molecule has 2 N–H and O–H groups in total. The SMILES string of the molecule is CC(C)(C)OC(=O)N1CC[C@@H]1C(=O)Nc1ccc2cn[nH]c2n1. The van der Waals surface area contributed by atoms with Gasteiger partial charge in [-0.3, -0.25) is 14.8 Å². The zero-order chi connectivity index (χ0) is 16.6. The van der Waals surface area contributed by atoms with Gasteiger partial charge in [-0.1, -0.05) is 0 Å². The average Bonchev–Trinajstić information content (AvgIpc) is 2.81. The number of rotatable bonds is 2. The highest BCUT2D eigenvalue weighted by Gasteiger charge is 2.40. The summed E-state index contributed by atoms with van der Waals surface area (Å²) in [7, 11) is 0. The Morgan fingerprint density at radius 1 is 1.39 bits per heavy atom. The summed E-state index contributed by atoms with van der Waals surface area (Å²) < 4.78 is 5.30. The van der Waals surface area contributed by atoms with E-state index in [1.807, 2.05) is 6.07 Å². The number of carbonyl (C=O) groups is 2. The van der Waals surface area contributed by atoms with Gasteiger partial charge in [-0.15, -0.1) is 0 Å². The molecule has 1 saturated heterocycles. The lowest BCUT2D eigenvalue weighted by molar-refractivity contribution is -0.125. The molecule has 122 valence electrons. The Morgan fingerprint density at radius 3 is 2.83 bits per heavy atom. The van der Waals surface area contributed by atoms with Crippen LogP contribution in [0.25, 0.3) is 11.0 Å². The van der Waals surface area contributed by atoms with Gasteiger partial charge in [0.2, 0.25) is 5.91 Å². The second-order valence-electron chi connectivity index (χ2n) is 6.47. The van der Waals surface area contributed by atoms with Crippen molar-refractivity contribution in [3.05, 3.63) is 18.3 Å². The van der Waals surface area contributed by atoms with E-state index in [1.165, 1.54) is 4.90 Å². The molecule has 0 radical (unpaired) electrons. The normalized spacial score (nSPS) is 17.7. The van der Waals surface area contributed by atoms with Gasteiger partial charge in [-0.2, -0.15) is 5.10 Å². The average molecular weight is 317 g/mol. The fourth-order valence-corrected chi connectivity index (χ4v) is 2.30. The number of anilines is 1. The third kappa shape index (κ3) is 3.25. The van der Waals surface area contributed by atoms with Crippen molar-refractivity contribution in [3.63, 3.8) is 0 Å². The van der Waals surface area contributed by atoms with E-state index in [1.54, 1.807) is 33.0 Å². The maximum atomic E-state index is 12.3. The van der Waals surface area contributed by atoms with E-state index in [9.17, 15) is 9.59 Å². The number of hydrogen-bond donors (Lipinski definition) is 2. The fraction of sp³-hybridized carbons (Fsp3) is 0.467. The van der Waals surface area contributed by atoms with E-state index in [0.29, 0.717) is 24.4 Å². The zero-order valence-electron chi connectivity index (χ0n) is 13.3. The van der Waals surface area contributed by atoms with Crippen molar-refractivity contribution in [1.29, 1.82) is 0 Å². The second-order valence-corrected chi connectivity index (χ2v) is 6.47. The highest BCUT2D eigenvalue weighted by atomic mass is 16.6. The van der Waals surface area contributed by atoms with Gasteiger partial charge in [-0.25, -0.2) is 9.78 Å². The minimum atomic E-state index is -0.582. The number of nitrogens with zero attached hydrogens (tertiary/aromatic N) is 3. The summed E-state index contributed by atoms with van der Waals surface area (Å²) >= 11 is 0. The summed E-state index contributed by atoms with van der Waals surface area (Å²) in [5.41, 5.74) is 0.0152. The fourth-order valence-electron chi connectivity index (χ4n) is 2.30. The van der Waals surface area contributed by atoms with E-state index in [2.05, 4.69) is 20.5 Å². The van der Waals surface area contributed by atoms with E-state index in [-0.39, 0.29) is 5.91 Å². The van der Waals surface area contributed by atoms with E-state index >= 15 is 0 Å². The van der Waals surface area contributed by atoms with Crippen LogP contribution in [0.5, 0.6) is 0 Å². The second kappa shape index (κ2) is 5.53. The van der Waals surface area contributed by atoms with Crippen LogP contribution in [0.3, 0.4) is 0 Å². The first-order valence-corrected chi connectivity index (χ1v) is 7.44. The lowest BCUT2D eigenvalue weighted by Gasteiger charge is -2.40. The lowest BCUT2D eigenvalue weighted by Crippen LogP contribution is -2.57. The standard InChI is InChI=1S/C15H19N5O3/c1-15(2,3)23-14(22)20-7-6-10(20)13(21)18-11-5-4-9-8-16-19-12(9)17-11/h4-5,8,10H,6-7H2,1-3H3,(H2,16,17,18,19,21)/t10-/m1/s1. The monoisotopic (exact) mass is 317 g/mol. The zero-order valence-corrected chi connectivity index (χ0v) is 13.3. The van der Waals surface area contributed by atoms with Crippen molar-refractivity contribution in [2.24, 2.45) is 0 Å². The quantitative estimate of drug-likeness (QED) is 0.881. The Bertz CT molecular complexity index is 749. The van der Waals surface area contributed by atoms with E-state index in [4.69, 9.17) is 4.74 Å². The number of ether oxygens (including phenoxy) is 1. The maximum absolute atomic E-state index is 12.3. The highest BCUT2D eigenvalue weighted by molar-refractivity contribution is 5.97. The van der Waals surface area contributed by atoms with Crippen LogP contribution in [-0.2, 0) is 9.53 Å². The first-order chi connectivity index (χ1) is 10.8. The highest BCUT2D eigenvalue weighted by Crippen LogP contribution is 2.22. The number of aromatic nitrogens is 3. The molecule has 2 aromatic heterocycles. The van der Waals surface area contributed by atoms with Crippen LogP contribution < -0.4 is 5.32 Å². The van der Waals surface area contributed by atoms with Crippen LogP contribution >= 0.6 is 0 Å². The number of H-pyrrole nitrogens is 1. The number of pyridine rings is 1. The molecule has 2 amide bonds. The summed E-state index contributed by atoms with van der Waals surface area (Å²) in [6.07, 6.45) is 1.79. The predicted molar refractivity (Wildman–Crippen MR) is 83.9 cm³/mol. The van der Waals surface area contributed by atoms with Gasteiger partial charge in [0.25, 0.3) is 0 Å². The summed E-state index contributed by atoms with van der Waals surface area (Å²) in [4.78, 5) is 30.1. The number of carbonyl (C=O) groups excluding carboxylic acids is 2. The number of amides is 2. The Kier molecular flexibility index (Phi) is 3.67. The molecular weight excluding hydrogens is 298 g/mol. The molecule has 23 heavy (non-hydrogen) atoms. The van der Waals surface area contributed by atoms with Crippen molar-refractivity contribution in [2.45, 2.75) is 38.8 Å². The molecule has 8 heteroatoms. The van der Waals surface area contributed by atoms with Crippen LogP contribution in [0.2, 0.25) is 0 Å². The molecule has 3 heterocycles. The molecule has 1 aliphatic heterocycles. The van der Waals surface area contributed by atoms with Gasteiger partial charge in [0, 0.05) is 11.9 Å². The Balaban J connectivity index is 1.65. The molecule has 1 atom stereocenters. The van der Waals surface area contributed by atoms with Crippen molar-refractivity contribution in [1.82, 2.24) is 20.1 Å². The first-order valence-electron chi connectivity index (χ1n) is 7.44. The topological polar surface area (TPSA) is 100 Å². The molecule has 0 aliphatic carbocycles. The Hall–Kier alpha value is -2.64. The van der Waals surface area contributed by atoms with Gasteiger partial charge in [0.05, 0.1) is 6.20 Å². The minimum Gasteiger partial charge on any atom is -0.444 e. The summed E-state index contributed by atoms with van der Waals surface area (Å²) in [6, 6.07) is 2.99. The number of hydrogen-bond acceptors (Lipinski definition) is 5. The molecular formula is C15H19N5O3. The van der Waals surface area contributed by atoms with Gasteiger partial charge >= 0.3 is 6.09 Å². The van der Waals surface area contributed by atoms with Crippen molar-refractivity contribution < 1.29 is 14.3 Å². The van der Waals surface area contributed by atoms with Gasteiger partial charge in [-0.05, 0) is 39.3 Å². The molecule has 1 fully saturated rings. The third-order valence-corrected chi connectivity index (χ3v) is 3.50. The van der Waals surface area contributed by atoms with Gasteiger partial charge < -0.3 is 10.1 Å². The Morgan fingerprint density at radius 2 is 2.17 bits per heavy atom. The number of nitrogens with one attached hydrogen (secondary N) is 2. The number of aromatic amines is 1. The van der Waals surface area contributed by atoms with Crippen molar-refractivity contribution in [2.75, 3.05) is 11.9 Å². The minimum absolute atomic E-state index is 0.270. The van der Waals surface area contributed by atoms with Gasteiger partial charge in [0.15, 0.2) is 5.65 Å². The molecule has 1 aliphatic rings. The summed E-state index contributed by atoms with van der Waals surface area (Å²) in [5.74, 6) is 0.149. The maximum Gasteiger partial charge on any atom is 0.410 e. The molecule has 0 saturated carbocycles. The van der Waals surface area contributed by atoms with Crippen LogP contribution in [0, 0.1) is 0 Å². The molecule has 3 rings (SSSR count). The number of likely N-dealkylation sites (tertiary alicyclic amines) is 1. The van der Waals surface area contributed by atoms with Gasteiger partial charge in [0.1, 0.15) is 17.5 Å². The van der Waals surface area contributed by atoms with Crippen molar-refractivity contribution in [3.8, 4) is 0 Å². The molecule has 0 aromatic carbocycles. The molecule has 2 aromatic rings. The third-order valence-electron chi connectivity index (χ3n) is 3.50. The van der Waals surface area contributed by atoms with Crippen molar-refractivity contribution >= 4 is 28.9 Å². The van der Waals surface area contributed by atoms with E-state index < -0.39 is 17.7 Å². The first kappa shape index (κ1) is 15.3. The molecule has 0 unspecified atom stereocenters. The number of fused-ring (bicyclic) bond motifs is 1. The van der Waals surface area contributed by atoms with Crippen LogP contribution in [-0.4, -0.2) is 50.3 Å². The lowest BCUT2D eigenvalue weighted by atomic mass is 10.0. The smallest absolute Gasteiger partial charge is 0.410 e. The molecule has 0 bridgehead atoms.